The summed E-state index contributed by atoms with van der Waals surface area (Å²) in [6.45, 7) is 4.50. The molecule has 0 bridgehead atoms. The van der Waals surface area contributed by atoms with E-state index in [0.29, 0.717) is 6.17 Å². The van der Waals surface area contributed by atoms with Crippen LogP contribution in [0.15, 0.2) is 67.1 Å². The molecule has 2 heterocycles. The molecule has 0 radical (unpaired) electrons. The van der Waals surface area contributed by atoms with Crippen LogP contribution in [0.1, 0.15) is 12.5 Å². The van der Waals surface area contributed by atoms with Gasteiger partial charge in [0.15, 0.2) is 6.20 Å². The number of benzene rings is 3. The van der Waals surface area contributed by atoms with Crippen LogP contribution in [0.4, 0.5) is 5.69 Å². The molecule has 27 heavy (non-hydrogen) atoms. The lowest BCUT2D eigenvalue weighted by Crippen LogP contribution is -2.34. The molecule has 134 valence electrons. The Kier molecular flexibility index (Phi) is 3.41. The number of aromatic nitrogens is 1. The Hall–Kier alpha value is -3.07. The van der Waals surface area contributed by atoms with Gasteiger partial charge < -0.3 is 9.80 Å². The van der Waals surface area contributed by atoms with E-state index in [1.165, 1.54) is 43.7 Å². The van der Waals surface area contributed by atoms with E-state index in [9.17, 15) is 0 Å². The molecule has 3 heteroatoms. The smallest absolute Gasteiger partial charge is 0.221 e. The molecule has 0 unspecified atom stereocenters. The zero-order valence-corrected chi connectivity index (χ0v) is 16.3. The molecule has 0 saturated carbocycles. The van der Waals surface area contributed by atoms with E-state index < -0.39 is 0 Å². The third kappa shape index (κ3) is 2.18. The number of anilines is 1. The molecule has 1 atom stereocenters. The third-order valence-corrected chi connectivity index (χ3v) is 6.09. The standard InChI is InChI=1S/C24H24N3/c1-16-22(27-15-14-25(3)17(27)2)12-11-20-18-8-5-6-9-19(18)21-10-7-13-26(4)24(21)23(16)20/h5-15,17H,1-4H3/q+1/t17-/m0/s1. The molecule has 1 aliphatic heterocycles. The van der Waals surface area contributed by atoms with E-state index in [0.717, 1.165) is 0 Å². The summed E-state index contributed by atoms with van der Waals surface area (Å²) in [4.78, 5) is 4.60. The Morgan fingerprint density at radius 2 is 1.56 bits per heavy atom. The van der Waals surface area contributed by atoms with Gasteiger partial charge in [0.2, 0.25) is 5.52 Å². The Labute approximate surface area is 159 Å². The minimum Gasteiger partial charge on any atom is -0.359 e. The van der Waals surface area contributed by atoms with E-state index in [1.54, 1.807) is 0 Å². The van der Waals surface area contributed by atoms with Crippen molar-refractivity contribution >= 4 is 38.1 Å². The third-order valence-electron chi connectivity index (χ3n) is 6.09. The Morgan fingerprint density at radius 3 is 2.26 bits per heavy atom. The minimum absolute atomic E-state index is 0.321. The zero-order chi connectivity index (χ0) is 18.7. The highest BCUT2D eigenvalue weighted by Gasteiger charge is 2.24. The molecule has 1 aliphatic rings. The fourth-order valence-electron chi connectivity index (χ4n) is 4.51. The highest BCUT2D eigenvalue weighted by molar-refractivity contribution is 6.24. The second-order valence-corrected chi connectivity index (χ2v) is 7.56. The van der Waals surface area contributed by atoms with Crippen molar-refractivity contribution in [2.45, 2.75) is 20.0 Å². The molecule has 0 amide bonds. The monoisotopic (exact) mass is 354 g/mol. The van der Waals surface area contributed by atoms with Gasteiger partial charge in [-0.05, 0) is 47.7 Å². The normalized spacial score (nSPS) is 17.0. The number of fused-ring (bicyclic) bond motifs is 6. The summed E-state index contributed by atoms with van der Waals surface area (Å²) in [5.41, 5.74) is 3.91. The predicted octanol–water partition coefficient (Wildman–Crippen LogP) is 4.85. The lowest BCUT2D eigenvalue weighted by molar-refractivity contribution is -0.644. The first kappa shape index (κ1) is 16.1. The largest absolute Gasteiger partial charge is 0.359 e. The van der Waals surface area contributed by atoms with Crippen molar-refractivity contribution in [3.63, 3.8) is 0 Å². The van der Waals surface area contributed by atoms with E-state index >= 15 is 0 Å². The molecule has 0 N–H and O–H groups in total. The maximum atomic E-state index is 2.36. The van der Waals surface area contributed by atoms with Crippen molar-refractivity contribution in [3.8, 4) is 0 Å². The molecule has 0 spiro atoms. The van der Waals surface area contributed by atoms with Gasteiger partial charge in [0.25, 0.3) is 0 Å². The number of aryl methyl sites for hydroxylation is 2. The van der Waals surface area contributed by atoms with Crippen LogP contribution in [0.5, 0.6) is 0 Å². The van der Waals surface area contributed by atoms with Crippen molar-refractivity contribution in [3.05, 3.63) is 72.7 Å². The van der Waals surface area contributed by atoms with Gasteiger partial charge in [-0.3, -0.25) is 0 Å². The molecular weight excluding hydrogens is 330 g/mol. The minimum atomic E-state index is 0.321. The van der Waals surface area contributed by atoms with Crippen molar-refractivity contribution in [1.82, 2.24) is 4.90 Å². The molecule has 4 aromatic rings. The Morgan fingerprint density at radius 1 is 0.852 bits per heavy atom. The average molecular weight is 354 g/mol. The number of rotatable bonds is 1. The van der Waals surface area contributed by atoms with Crippen LogP contribution in [0.2, 0.25) is 0 Å². The summed E-state index contributed by atoms with van der Waals surface area (Å²) in [6.07, 6.45) is 6.80. The van der Waals surface area contributed by atoms with Gasteiger partial charge in [0, 0.05) is 31.2 Å². The van der Waals surface area contributed by atoms with E-state index in [1.807, 2.05) is 0 Å². The predicted molar refractivity (Wildman–Crippen MR) is 114 cm³/mol. The number of hydrogen-bond donors (Lipinski definition) is 0. The first-order chi connectivity index (χ1) is 13.1. The first-order valence-electron chi connectivity index (χ1n) is 9.49. The van der Waals surface area contributed by atoms with Gasteiger partial charge in [-0.1, -0.05) is 30.3 Å². The lowest BCUT2D eigenvalue weighted by Gasteiger charge is -2.29. The van der Waals surface area contributed by atoms with Gasteiger partial charge in [0.1, 0.15) is 13.2 Å². The quantitative estimate of drug-likeness (QED) is 0.357. The Balaban J connectivity index is 1.96. The van der Waals surface area contributed by atoms with Crippen LogP contribution in [0.25, 0.3) is 32.4 Å². The van der Waals surface area contributed by atoms with Crippen molar-refractivity contribution < 1.29 is 4.57 Å². The Bertz CT molecular complexity index is 1240. The summed E-state index contributed by atoms with van der Waals surface area (Å²) in [5, 5.41) is 6.62. The molecule has 3 nitrogen and oxygen atoms in total. The molecule has 3 aromatic carbocycles. The van der Waals surface area contributed by atoms with Crippen LogP contribution in [0.3, 0.4) is 0 Å². The maximum Gasteiger partial charge on any atom is 0.221 e. The second kappa shape index (κ2) is 5.71. The topological polar surface area (TPSA) is 10.4 Å². The molecule has 0 saturated heterocycles. The van der Waals surface area contributed by atoms with Gasteiger partial charge in [-0.25, -0.2) is 4.57 Å². The summed E-state index contributed by atoms with van der Waals surface area (Å²) in [6, 6.07) is 17.7. The van der Waals surface area contributed by atoms with E-state index in [-0.39, 0.29) is 0 Å². The SMILES string of the molecule is Cc1c(N2C=CN(C)[C@@H]2C)ccc2c3ccccc3c3ccc[n+](C)c3c12. The van der Waals surface area contributed by atoms with Crippen LogP contribution in [0, 0.1) is 6.92 Å². The molecule has 5 rings (SSSR count). The molecular formula is C24H24N3+. The molecule has 0 aliphatic carbocycles. The fraction of sp³-hybridized carbons (Fsp3) is 0.208. The summed E-state index contributed by atoms with van der Waals surface area (Å²) in [7, 11) is 4.27. The summed E-state index contributed by atoms with van der Waals surface area (Å²) in [5.74, 6) is 0. The summed E-state index contributed by atoms with van der Waals surface area (Å²) >= 11 is 0. The van der Waals surface area contributed by atoms with Crippen LogP contribution in [-0.4, -0.2) is 18.1 Å². The van der Waals surface area contributed by atoms with Gasteiger partial charge in [-0.2, -0.15) is 0 Å². The molecule has 0 fully saturated rings. The number of pyridine rings is 1. The lowest BCUT2D eigenvalue weighted by atomic mass is 9.93. The van der Waals surface area contributed by atoms with Crippen LogP contribution < -0.4 is 9.47 Å². The van der Waals surface area contributed by atoms with Gasteiger partial charge in [0.05, 0.1) is 10.8 Å². The maximum absolute atomic E-state index is 2.36. The van der Waals surface area contributed by atoms with Crippen LogP contribution in [-0.2, 0) is 7.05 Å². The fourth-order valence-corrected chi connectivity index (χ4v) is 4.51. The average Bonchev–Trinajstić information content (AvgIpc) is 3.01. The van der Waals surface area contributed by atoms with Gasteiger partial charge in [-0.15, -0.1) is 0 Å². The van der Waals surface area contributed by atoms with Gasteiger partial charge >= 0.3 is 0 Å². The van der Waals surface area contributed by atoms with Crippen molar-refractivity contribution in [1.29, 1.82) is 0 Å². The van der Waals surface area contributed by atoms with E-state index in [4.69, 9.17) is 0 Å². The van der Waals surface area contributed by atoms with Crippen molar-refractivity contribution in [2.24, 2.45) is 7.05 Å². The highest BCUT2D eigenvalue weighted by atomic mass is 15.4. The highest BCUT2D eigenvalue weighted by Crippen LogP contribution is 2.39. The van der Waals surface area contributed by atoms with Crippen LogP contribution >= 0.6 is 0 Å². The number of hydrogen-bond acceptors (Lipinski definition) is 2. The van der Waals surface area contributed by atoms with E-state index in [2.05, 4.69) is 109 Å². The number of nitrogens with zero attached hydrogens (tertiary/aromatic N) is 3. The first-order valence-corrected chi connectivity index (χ1v) is 9.49. The molecule has 1 aromatic heterocycles. The van der Waals surface area contributed by atoms with Crippen molar-refractivity contribution in [2.75, 3.05) is 11.9 Å². The second-order valence-electron chi connectivity index (χ2n) is 7.56. The summed E-state index contributed by atoms with van der Waals surface area (Å²) < 4.78 is 2.26. The zero-order valence-electron chi connectivity index (χ0n) is 16.3.